The second kappa shape index (κ2) is 3.32. The first-order chi connectivity index (χ1) is 7.69. The number of benzene rings is 1. The number of thiazole rings is 1. The molecule has 3 rings (SSSR count). The zero-order valence-electron chi connectivity index (χ0n) is 9.23. The van der Waals surface area contributed by atoms with Crippen molar-refractivity contribution in [2.75, 3.05) is 5.73 Å². The number of nitrogens with zero attached hydrogens (tertiary/aromatic N) is 1. The van der Waals surface area contributed by atoms with Gasteiger partial charge in [0, 0.05) is 22.0 Å². The van der Waals surface area contributed by atoms with Gasteiger partial charge < -0.3 is 5.73 Å². The third-order valence-corrected chi connectivity index (χ3v) is 4.41. The van der Waals surface area contributed by atoms with Crippen molar-refractivity contribution in [2.24, 2.45) is 0 Å². The Morgan fingerprint density at radius 3 is 2.75 bits per heavy atom. The number of para-hydroxylation sites is 1. The minimum absolute atomic E-state index is 0.354. The average Bonchev–Trinajstić information content (AvgIpc) is 2.84. The van der Waals surface area contributed by atoms with Crippen molar-refractivity contribution in [3.05, 3.63) is 34.7 Å². The topological polar surface area (TPSA) is 38.9 Å². The third-order valence-electron chi connectivity index (χ3n) is 3.26. The highest BCUT2D eigenvalue weighted by atomic mass is 32.1. The van der Waals surface area contributed by atoms with Crippen LogP contribution in [0, 0.1) is 0 Å². The summed E-state index contributed by atoms with van der Waals surface area (Å²) >= 11 is 1.76. The fourth-order valence-electron chi connectivity index (χ4n) is 1.81. The van der Waals surface area contributed by atoms with Crippen LogP contribution < -0.4 is 5.73 Å². The summed E-state index contributed by atoms with van der Waals surface area (Å²) in [7, 11) is 0. The molecular formula is C13H14N2S. The van der Waals surface area contributed by atoms with Gasteiger partial charge in [-0.05, 0) is 18.9 Å². The first-order valence-electron chi connectivity index (χ1n) is 5.50. The van der Waals surface area contributed by atoms with Gasteiger partial charge in [0.25, 0.3) is 0 Å². The lowest BCUT2D eigenvalue weighted by Gasteiger charge is -2.03. The minimum Gasteiger partial charge on any atom is -0.398 e. The Morgan fingerprint density at radius 2 is 2.06 bits per heavy atom. The normalized spacial score (nSPS) is 17.3. The number of nitrogen functional groups attached to an aromatic ring is 1. The predicted molar refractivity (Wildman–Crippen MR) is 68.5 cm³/mol. The molecule has 0 unspecified atom stereocenters. The molecule has 2 nitrogen and oxygen atoms in total. The maximum Gasteiger partial charge on any atom is 0.0991 e. The Kier molecular flexibility index (Phi) is 2.04. The van der Waals surface area contributed by atoms with E-state index in [9.17, 15) is 0 Å². The van der Waals surface area contributed by atoms with Gasteiger partial charge in [-0.3, -0.25) is 0 Å². The van der Waals surface area contributed by atoms with E-state index in [-0.39, 0.29) is 0 Å². The molecule has 1 aromatic carbocycles. The zero-order valence-corrected chi connectivity index (χ0v) is 10.1. The Hall–Kier alpha value is -1.35. The van der Waals surface area contributed by atoms with E-state index in [4.69, 9.17) is 10.7 Å². The number of rotatable bonds is 2. The molecule has 0 amide bonds. The lowest BCUT2D eigenvalue weighted by Crippen LogP contribution is -1.98. The largest absolute Gasteiger partial charge is 0.398 e. The van der Waals surface area contributed by atoms with Crippen LogP contribution in [0.15, 0.2) is 29.6 Å². The Bertz CT molecular complexity index is 526. The molecule has 1 aliphatic carbocycles. The standard InChI is InChI=1S/C13H14N2S/c1-13(6-7-13)12-15-11(8-16-12)9-4-2-3-5-10(9)14/h2-5,8H,6-7,14H2,1H3. The van der Waals surface area contributed by atoms with Crippen molar-refractivity contribution in [3.8, 4) is 11.3 Å². The Balaban J connectivity index is 2.02. The van der Waals surface area contributed by atoms with Crippen molar-refractivity contribution in [2.45, 2.75) is 25.2 Å². The smallest absolute Gasteiger partial charge is 0.0991 e. The Morgan fingerprint density at radius 1 is 1.31 bits per heavy atom. The minimum atomic E-state index is 0.354. The molecule has 0 aliphatic heterocycles. The monoisotopic (exact) mass is 230 g/mol. The predicted octanol–water partition coefficient (Wildman–Crippen LogP) is 3.44. The van der Waals surface area contributed by atoms with Gasteiger partial charge in [-0.15, -0.1) is 11.3 Å². The summed E-state index contributed by atoms with van der Waals surface area (Å²) < 4.78 is 0. The van der Waals surface area contributed by atoms with Crippen molar-refractivity contribution >= 4 is 17.0 Å². The molecule has 0 atom stereocenters. The maximum absolute atomic E-state index is 5.95. The van der Waals surface area contributed by atoms with Gasteiger partial charge in [-0.1, -0.05) is 25.1 Å². The first-order valence-corrected chi connectivity index (χ1v) is 6.38. The molecular weight excluding hydrogens is 216 g/mol. The highest BCUT2D eigenvalue weighted by Crippen LogP contribution is 2.49. The fraction of sp³-hybridized carbons (Fsp3) is 0.308. The number of hydrogen-bond donors (Lipinski definition) is 1. The SMILES string of the molecule is CC1(c2nc(-c3ccccc3N)cs2)CC1. The highest BCUT2D eigenvalue weighted by molar-refractivity contribution is 7.10. The van der Waals surface area contributed by atoms with Crippen LogP contribution in [-0.4, -0.2) is 4.98 Å². The Labute approximate surface area is 99.1 Å². The van der Waals surface area contributed by atoms with Gasteiger partial charge in [0.1, 0.15) is 0 Å². The lowest BCUT2D eigenvalue weighted by atomic mass is 10.1. The van der Waals surface area contributed by atoms with Crippen LogP contribution in [0.25, 0.3) is 11.3 Å². The summed E-state index contributed by atoms with van der Waals surface area (Å²) in [5.74, 6) is 0. The van der Waals surface area contributed by atoms with Gasteiger partial charge >= 0.3 is 0 Å². The summed E-state index contributed by atoms with van der Waals surface area (Å²) in [5.41, 5.74) is 9.18. The molecule has 1 aromatic heterocycles. The van der Waals surface area contributed by atoms with Crippen LogP contribution >= 0.6 is 11.3 Å². The molecule has 0 saturated heterocycles. The van der Waals surface area contributed by atoms with E-state index in [1.165, 1.54) is 17.8 Å². The summed E-state index contributed by atoms with van der Waals surface area (Å²) in [6, 6.07) is 7.91. The van der Waals surface area contributed by atoms with Gasteiger partial charge in [0.05, 0.1) is 10.7 Å². The van der Waals surface area contributed by atoms with E-state index in [0.717, 1.165) is 16.9 Å². The molecule has 1 heterocycles. The second-order valence-electron chi connectivity index (χ2n) is 4.69. The third kappa shape index (κ3) is 1.52. The molecule has 0 bridgehead atoms. The molecule has 1 fully saturated rings. The van der Waals surface area contributed by atoms with Gasteiger partial charge in [0.15, 0.2) is 0 Å². The molecule has 0 spiro atoms. The van der Waals surface area contributed by atoms with Gasteiger partial charge in [-0.25, -0.2) is 4.98 Å². The summed E-state index contributed by atoms with van der Waals surface area (Å²) in [4.78, 5) is 4.71. The second-order valence-corrected chi connectivity index (χ2v) is 5.54. The van der Waals surface area contributed by atoms with E-state index in [0.29, 0.717) is 5.41 Å². The average molecular weight is 230 g/mol. The summed E-state index contributed by atoms with van der Waals surface area (Å²) in [6.45, 7) is 2.28. The summed E-state index contributed by atoms with van der Waals surface area (Å²) in [6.07, 6.45) is 2.54. The maximum atomic E-state index is 5.95. The van der Waals surface area contributed by atoms with Crippen LogP contribution in [0.1, 0.15) is 24.8 Å². The van der Waals surface area contributed by atoms with E-state index < -0.39 is 0 Å². The van der Waals surface area contributed by atoms with Crippen molar-refractivity contribution in [1.82, 2.24) is 4.98 Å². The molecule has 0 radical (unpaired) electrons. The van der Waals surface area contributed by atoms with E-state index >= 15 is 0 Å². The molecule has 2 aromatic rings. The van der Waals surface area contributed by atoms with E-state index in [1.54, 1.807) is 11.3 Å². The highest BCUT2D eigenvalue weighted by Gasteiger charge is 2.41. The van der Waals surface area contributed by atoms with E-state index in [2.05, 4.69) is 12.3 Å². The summed E-state index contributed by atoms with van der Waals surface area (Å²) in [5, 5.41) is 3.37. The molecule has 82 valence electrons. The van der Waals surface area contributed by atoms with Crippen molar-refractivity contribution in [3.63, 3.8) is 0 Å². The van der Waals surface area contributed by atoms with Gasteiger partial charge in [-0.2, -0.15) is 0 Å². The molecule has 1 saturated carbocycles. The fourth-order valence-corrected chi connectivity index (χ4v) is 2.85. The van der Waals surface area contributed by atoms with Crippen LogP contribution in [-0.2, 0) is 5.41 Å². The molecule has 2 N–H and O–H groups in total. The van der Waals surface area contributed by atoms with Crippen molar-refractivity contribution in [1.29, 1.82) is 0 Å². The van der Waals surface area contributed by atoms with Crippen LogP contribution in [0.2, 0.25) is 0 Å². The lowest BCUT2D eigenvalue weighted by molar-refractivity contribution is 0.778. The molecule has 16 heavy (non-hydrogen) atoms. The number of hydrogen-bond acceptors (Lipinski definition) is 3. The van der Waals surface area contributed by atoms with Crippen LogP contribution in [0.3, 0.4) is 0 Å². The molecule has 3 heteroatoms. The molecule has 1 aliphatic rings. The van der Waals surface area contributed by atoms with Gasteiger partial charge in [0.2, 0.25) is 0 Å². The number of anilines is 1. The zero-order chi connectivity index (χ0) is 11.2. The first kappa shape index (κ1) is 9.85. The van der Waals surface area contributed by atoms with Crippen molar-refractivity contribution < 1.29 is 0 Å². The number of aromatic nitrogens is 1. The number of nitrogens with two attached hydrogens (primary N) is 1. The van der Waals surface area contributed by atoms with E-state index in [1.807, 2.05) is 24.3 Å². The quantitative estimate of drug-likeness (QED) is 0.803. The van der Waals surface area contributed by atoms with Crippen LogP contribution in [0.5, 0.6) is 0 Å². The van der Waals surface area contributed by atoms with Crippen LogP contribution in [0.4, 0.5) is 5.69 Å².